The van der Waals surface area contributed by atoms with Gasteiger partial charge in [-0.25, -0.2) is 13.2 Å². The van der Waals surface area contributed by atoms with Gasteiger partial charge in [-0.2, -0.15) is 4.31 Å². The van der Waals surface area contributed by atoms with E-state index in [-0.39, 0.29) is 23.6 Å². The van der Waals surface area contributed by atoms with Crippen molar-refractivity contribution in [1.82, 2.24) is 14.9 Å². The van der Waals surface area contributed by atoms with Gasteiger partial charge in [-0.1, -0.05) is 0 Å². The van der Waals surface area contributed by atoms with Crippen LogP contribution in [0.3, 0.4) is 0 Å². The van der Waals surface area contributed by atoms with E-state index in [1.54, 1.807) is 18.0 Å². The fraction of sp³-hybridized carbons (Fsp3) is 0.562. The Kier molecular flexibility index (Phi) is 4.51. The minimum atomic E-state index is -3.58. The number of likely N-dealkylation sites (N-methyl/N-ethyl adjacent to an activating group) is 1. The molecule has 2 saturated heterocycles. The minimum absolute atomic E-state index is 0.177. The molecule has 0 radical (unpaired) electrons. The van der Waals surface area contributed by atoms with Crippen LogP contribution >= 0.6 is 0 Å². The number of hydrogen-bond acceptors (Lipinski definition) is 7. The SMILES string of the molecule is CNCC1OC(=O)N2c3ccc(S(=O)(=O)N4CCNCC4)cc3OCC12. The predicted octanol–water partition coefficient (Wildman–Crippen LogP) is -0.414. The highest BCUT2D eigenvalue weighted by Crippen LogP contribution is 2.40. The molecule has 0 saturated carbocycles. The van der Waals surface area contributed by atoms with Crippen molar-refractivity contribution in [3.63, 3.8) is 0 Å². The first kappa shape index (κ1) is 17.5. The second kappa shape index (κ2) is 6.69. The molecule has 1 aromatic rings. The average Bonchev–Trinajstić information content (AvgIpc) is 2.98. The lowest BCUT2D eigenvalue weighted by molar-refractivity contribution is 0.122. The van der Waals surface area contributed by atoms with Crippen molar-refractivity contribution in [2.24, 2.45) is 0 Å². The topological polar surface area (TPSA) is 100 Å². The molecular formula is C16H22N4O5S. The van der Waals surface area contributed by atoms with Gasteiger partial charge in [0.1, 0.15) is 24.5 Å². The van der Waals surface area contributed by atoms with Crippen LogP contribution in [-0.4, -0.2) is 77.3 Å². The van der Waals surface area contributed by atoms with Crippen LogP contribution in [-0.2, 0) is 14.8 Å². The van der Waals surface area contributed by atoms with Gasteiger partial charge in [0.05, 0.1) is 10.6 Å². The summed E-state index contributed by atoms with van der Waals surface area (Å²) in [6, 6.07) is 4.43. The molecule has 4 rings (SSSR count). The van der Waals surface area contributed by atoms with Crippen molar-refractivity contribution in [3.05, 3.63) is 18.2 Å². The number of piperazine rings is 1. The Labute approximate surface area is 152 Å². The lowest BCUT2D eigenvalue weighted by atomic mass is 10.1. The number of sulfonamides is 1. The van der Waals surface area contributed by atoms with Crippen molar-refractivity contribution in [2.75, 3.05) is 51.3 Å². The maximum Gasteiger partial charge on any atom is 0.415 e. The smallest absolute Gasteiger partial charge is 0.415 e. The van der Waals surface area contributed by atoms with Crippen LogP contribution in [0.25, 0.3) is 0 Å². The Morgan fingerprint density at radius 1 is 1.31 bits per heavy atom. The highest BCUT2D eigenvalue weighted by atomic mass is 32.2. The summed E-state index contributed by atoms with van der Waals surface area (Å²) < 4.78 is 38.3. The molecule has 3 aliphatic rings. The highest BCUT2D eigenvalue weighted by Gasteiger charge is 2.46. The zero-order valence-corrected chi connectivity index (χ0v) is 15.3. The van der Waals surface area contributed by atoms with Gasteiger partial charge in [0.15, 0.2) is 0 Å². The van der Waals surface area contributed by atoms with E-state index < -0.39 is 16.1 Å². The molecule has 0 aromatic heterocycles. The third kappa shape index (κ3) is 2.82. The summed E-state index contributed by atoms with van der Waals surface area (Å²) in [7, 11) is -1.79. The molecule has 9 nitrogen and oxygen atoms in total. The average molecular weight is 382 g/mol. The zero-order chi connectivity index (χ0) is 18.3. The summed E-state index contributed by atoms with van der Waals surface area (Å²) >= 11 is 0. The number of carbonyl (C=O) groups is 1. The van der Waals surface area contributed by atoms with Crippen LogP contribution in [0.1, 0.15) is 0 Å². The van der Waals surface area contributed by atoms with E-state index >= 15 is 0 Å². The number of nitrogens with one attached hydrogen (secondary N) is 2. The van der Waals surface area contributed by atoms with Crippen LogP contribution in [0, 0.1) is 0 Å². The number of anilines is 1. The zero-order valence-electron chi connectivity index (χ0n) is 14.5. The van der Waals surface area contributed by atoms with Gasteiger partial charge < -0.3 is 20.1 Å². The van der Waals surface area contributed by atoms with E-state index in [1.807, 2.05) is 0 Å². The molecule has 2 unspecified atom stereocenters. The molecule has 1 aromatic carbocycles. The van der Waals surface area contributed by atoms with Crippen molar-refractivity contribution < 1.29 is 22.7 Å². The molecule has 0 bridgehead atoms. The first-order valence-electron chi connectivity index (χ1n) is 8.64. The van der Waals surface area contributed by atoms with Gasteiger partial charge >= 0.3 is 6.09 Å². The molecule has 3 heterocycles. The normalized spacial score (nSPS) is 26.0. The first-order valence-corrected chi connectivity index (χ1v) is 10.1. The van der Waals surface area contributed by atoms with Crippen molar-refractivity contribution in [1.29, 1.82) is 0 Å². The standard InChI is InChI=1S/C16H22N4O5S/c1-17-9-15-13-10-24-14-8-11(2-3-12(14)20(13)16(21)25-15)26(22,23)19-6-4-18-5-7-19/h2-3,8,13,15,17-18H,4-7,9-10H2,1H3. The van der Waals surface area contributed by atoms with E-state index in [4.69, 9.17) is 9.47 Å². The molecule has 2 fully saturated rings. The third-order valence-corrected chi connectivity index (χ3v) is 6.82. The van der Waals surface area contributed by atoms with Crippen LogP contribution < -0.4 is 20.3 Å². The summed E-state index contributed by atoms with van der Waals surface area (Å²) in [5.41, 5.74) is 0.545. The lowest BCUT2D eigenvalue weighted by Crippen LogP contribution is -2.47. The summed E-state index contributed by atoms with van der Waals surface area (Å²) in [4.78, 5) is 14.0. The Morgan fingerprint density at radius 2 is 2.08 bits per heavy atom. The van der Waals surface area contributed by atoms with E-state index in [0.717, 1.165) is 0 Å². The molecule has 0 spiro atoms. The molecular weight excluding hydrogens is 360 g/mol. The number of nitrogens with zero attached hydrogens (tertiary/aromatic N) is 2. The number of amides is 1. The van der Waals surface area contributed by atoms with Gasteiger partial charge in [-0.15, -0.1) is 0 Å². The number of carbonyl (C=O) groups excluding carboxylic acids is 1. The van der Waals surface area contributed by atoms with Crippen molar-refractivity contribution in [2.45, 2.75) is 17.0 Å². The second-order valence-corrected chi connectivity index (χ2v) is 8.45. The summed E-state index contributed by atoms with van der Waals surface area (Å²) in [5.74, 6) is 0.388. The van der Waals surface area contributed by atoms with E-state index in [1.165, 1.54) is 16.4 Å². The number of rotatable bonds is 4. The Bertz CT molecular complexity index is 809. The summed E-state index contributed by atoms with van der Waals surface area (Å²) in [6.07, 6.45) is -0.734. The van der Waals surface area contributed by atoms with Crippen molar-refractivity contribution in [3.8, 4) is 5.75 Å². The van der Waals surface area contributed by atoms with Crippen molar-refractivity contribution >= 4 is 21.8 Å². The Morgan fingerprint density at radius 3 is 2.81 bits per heavy atom. The largest absolute Gasteiger partial charge is 0.489 e. The van der Waals surface area contributed by atoms with Gasteiger partial charge in [0.2, 0.25) is 10.0 Å². The van der Waals surface area contributed by atoms with Gasteiger partial charge in [0, 0.05) is 38.8 Å². The van der Waals surface area contributed by atoms with Gasteiger partial charge in [-0.3, -0.25) is 4.90 Å². The van der Waals surface area contributed by atoms with Gasteiger partial charge in [0.25, 0.3) is 0 Å². The number of fused-ring (bicyclic) bond motifs is 3. The molecule has 0 aliphatic carbocycles. The maximum atomic E-state index is 12.8. The number of hydrogen-bond donors (Lipinski definition) is 2. The molecule has 3 aliphatic heterocycles. The molecule has 1 amide bonds. The highest BCUT2D eigenvalue weighted by molar-refractivity contribution is 7.89. The van der Waals surface area contributed by atoms with Crippen LogP contribution in [0.15, 0.2) is 23.1 Å². The Hall–Kier alpha value is -1.88. The number of cyclic esters (lactones) is 1. The molecule has 26 heavy (non-hydrogen) atoms. The fourth-order valence-electron chi connectivity index (χ4n) is 3.58. The minimum Gasteiger partial charge on any atom is -0.489 e. The predicted molar refractivity (Wildman–Crippen MR) is 94.0 cm³/mol. The molecule has 10 heteroatoms. The first-order chi connectivity index (χ1) is 12.5. The van der Waals surface area contributed by atoms with E-state index in [9.17, 15) is 13.2 Å². The maximum absolute atomic E-state index is 12.8. The second-order valence-electron chi connectivity index (χ2n) is 6.51. The quantitative estimate of drug-likeness (QED) is 0.730. The molecule has 2 atom stereocenters. The lowest BCUT2D eigenvalue weighted by Gasteiger charge is -2.32. The number of benzene rings is 1. The molecule has 142 valence electrons. The molecule has 2 N–H and O–H groups in total. The number of ether oxygens (including phenoxy) is 2. The fourth-order valence-corrected chi connectivity index (χ4v) is 5.04. The summed E-state index contributed by atoms with van der Waals surface area (Å²) in [5, 5.41) is 6.14. The van der Waals surface area contributed by atoms with E-state index in [2.05, 4.69) is 10.6 Å². The monoisotopic (exact) mass is 382 g/mol. The van der Waals surface area contributed by atoms with Crippen LogP contribution in [0.2, 0.25) is 0 Å². The summed E-state index contributed by atoms with van der Waals surface area (Å²) in [6.45, 7) is 2.94. The van der Waals surface area contributed by atoms with Crippen LogP contribution in [0.5, 0.6) is 5.75 Å². The van der Waals surface area contributed by atoms with E-state index in [0.29, 0.717) is 44.2 Å². The van der Waals surface area contributed by atoms with Crippen LogP contribution in [0.4, 0.5) is 10.5 Å². The third-order valence-electron chi connectivity index (χ3n) is 4.93. The Balaban J connectivity index is 1.64. The van der Waals surface area contributed by atoms with Gasteiger partial charge in [-0.05, 0) is 19.2 Å².